The van der Waals surface area contributed by atoms with Gasteiger partial charge < -0.3 is 10.2 Å². The quantitative estimate of drug-likeness (QED) is 0.911. The number of nitrogens with zero attached hydrogens (tertiary/aromatic N) is 3. The zero-order valence-corrected chi connectivity index (χ0v) is 13.8. The number of sulfone groups is 1. The Morgan fingerprint density at radius 2 is 1.95 bits per heavy atom. The van der Waals surface area contributed by atoms with Gasteiger partial charge in [0.2, 0.25) is 0 Å². The molecule has 0 aromatic carbocycles. The molecule has 2 heterocycles. The maximum Gasteiger partial charge on any atom is 0.152 e. The summed E-state index contributed by atoms with van der Waals surface area (Å²) in [5.74, 6) is 2.12. The van der Waals surface area contributed by atoms with Crippen molar-refractivity contribution in [1.82, 2.24) is 9.97 Å². The summed E-state index contributed by atoms with van der Waals surface area (Å²) in [6, 6.07) is 2.44. The molecule has 1 aliphatic carbocycles. The van der Waals surface area contributed by atoms with Crippen LogP contribution in [-0.4, -0.2) is 49.0 Å². The molecule has 2 aliphatic rings. The molecule has 0 radical (unpaired) electrons. The van der Waals surface area contributed by atoms with Crippen molar-refractivity contribution >= 4 is 21.5 Å². The topological polar surface area (TPSA) is 75.2 Å². The lowest BCUT2D eigenvalue weighted by Gasteiger charge is -2.26. The molecule has 7 heteroatoms. The van der Waals surface area contributed by atoms with E-state index in [-0.39, 0.29) is 17.5 Å². The van der Waals surface area contributed by atoms with Gasteiger partial charge in [0.25, 0.3) is 0 Å². The highest BCUT2D eigenvalue weighted by atomic mass is 32.2. The number of aromatic nitrogens is 2. The average molecular weight is 324 g/mol. The Bertz CT molecular complexity index is 614. The molecule has 1 aliphatic heterocycles. The Morgan fingerprint density at radius 3 is 2.64 bits per heavy atom. The first kappa shape index (κ1) is 15.5. The van der Waals surface area contributed by atoms with E-state index in [0.717, 1.165) is 11.6 Å². The molecule has 22 heavy (non-hydrogen) atoms. The van der Waals surface area contributed by atoms with Crippen molar-refractivity contribution in [2.24, 2.45) is 0 Å². The predicted molar refractivity (Wildman–Crippen MR) is 88.0 cm³/mol. The Morgan fingerprint density at radius 1 is 1.18 bits per heavy atom. The zero-order chi connectivity index (χ0) is 15.6. The Labute approximate surface area is 132 Å². The van der Waals surface area contributed by atoms with Crippen molar-refractivity contribution in [2.45, 2.75) is 50.6 Å². The maximum absolute atomic E-state index is 11.6. The molecular formula is C15H24N4O2S. The average Bonchev–Trinajstić information content (AvgIpc) is 2.88. The lowest BCUT2D eigenvalue weighted by molar-refractivity contribution is 0.462. The summed E-state index contributed by atoms with van der Waals surface area (Å²) < 4.78 is 23.3. The third-order valence-corrected chi connectivity index (χ3v) is 6.48. The van der Waals surface area contributed by atoms with Crippen LogP contribution in [0.2, 0.25) is 0 Å². The van der Waals surface area contributed by atoms with Crippen LogP contribution in [0.15, 0.2) is 12.4 Å². The van der Waals surface area contributed by atoms with Crippen molar-refractivity contribution in [3.05, 3.63) is 12.4 Å². The molecule has 0 amide bonds. The van der Waals surface area contributed by atoms with Gasteiger partial charge in [-0.2, -0.15) is 0 Å². The third-order valence-electron chi connectivity index (χ3n) is 4.73. The minimum absolute atomic E-state index is 0.0161. The largest absolute Gasteiger partial charge is 0.367 e. The van der Waals surface area contributed by atoms with Crippen molar-refractivity contribution in [1.29, 1.82) is 0 Å². The van der Waals surface area contributed by atoms with Crippen LogP contribution in [0.3, 0.4) is 0 Å². The number of rotatable bonds is 4. The Hall–Kier alpha value is -1.37. The molecule has 1 N–H and O–H groups in total. The molecule has 3 rings (SSSR count). The number of hydrogen-bond donors (Lipinski definition) is 1. The summed E-state index contributed by atoms with van der Waals surface area (Å²) in [6.45, 7) is 0. The fourth-order valence-corrected chi connectivity index (χ4v) is 5.12. The fourth-order valence-electron chi connectivity index (χ4n) is 3.34. The molecule has 1 aromatic rings. The van der Waals surface area contributed by atoms with Gasteiger partial charge in [-0.1, -0.05) is 19.3 Å². The van der Waals surface area contributed by atoms with Gasteiger partial charge in [0, 0.05) is 25.2 Å². The van der Waals surface area contributed by atoms with Gasteiger partial charge in [-0.3, -0.25) is 0 Å². The summed E-state index contributed by atoms with van der Waals surface area (Å²) in [7, 11) is -0.967. The summed E-state index contributed by atoms with van der Waals surface area (Å²) in [5, 5.41) is 3.49. The van der Waals surface area contributed by atoms with E-state index < -0.39 is 9.84 Å². The number of anilines is 2. The molecule has 1 saturated carbocycles. The van der Waals surface area contributed by atoms with Gasteiger partial charge in [-0.25, -0.2) is 18.4 Å². The summed E-state index contributed by atoms with van der Waals surface area (Å²) >= 11 is 0. The van der Waals surface area contributed by atoms with E-state index in [1.54, 1.807) is 6.33 Å². The van der Waals surface area contributed by atoms with Crippen LogP contribution in [0.5, 0.6) is 0 Å². The third kappa shape index (κ3) is 3.69. The molecule has 0 bridgehead atoms. The minimum Gasteiger partial charge on any atom is -0.367 e. The second-order valence-corrected chi connectivity index (χ2v) is 8.64. The van der Waals surface area contributed by atoms with Gasteiger partial charge in [0.1, 0.15) is 18.0 Å². The zero-order valence-electron chi connectivity index (χ0n) is 13.0. The van der Waals surface area contributed by atoms with Crippen LogP contribution in [0, 0.1) is 0 Å². The number of hydrogen-bond acceptors (Lipinski definition) is 6. The first-order valence-electron chi connectivity index (χ1n) is 8.05. The molecule has 1 aromatic heterocycles. The van der Waals surface area contributed by atoms with Gasteiger partial charge >= 0.3 is 0 Å². The molecular weight excluding hydrogens is 300 g/mol. The fraction of sp³-hybridized carbons (Fsp3) is 0.733. The van der Waals surface area contributed by atoms with E-state index in [4.69, 9.17) is 0 Å². The van der Waals surface area contributed by atoms with Gasteiger partial charge in [0.05, 0.1) is 11.5 Å². The minimum atomic E-state index is -2.88. The van der Waals surface area contributed by atoms with Crippen LogP contribution < -0.4 is 10.2 Å². The summed E-state index contributed by atoms with van der Waals surface area (Å²) in [6.07, 6.45) is 8.48. The second kappa shape index (κ2) is 6.40. The van der Waals surface area contributed by atoms with E-state index >= 15 is 0 Å². The molecule has 1 saturated heterocycles. The monoisotopic (exact) mass is 324 g/mol. The standard InChI is InChI=1S/C15H24N4O2S/c1-19(13-7-8-22(20,21)10-13)15-9-14(16-11-17-15)18-12-5-3-2-4-6-12/h9,11-13H,2-8,10H2,1H3,(H,16,17,18). The van der Waals surface area contributed by atoms with Crippen LogP contribution in [-0.2, 0) is 9.84 Å². The van der Waals surface area contributed by atoms with Crippen LogP contribution >= 0.6 is 0 Å². The van der Waals surface area contributed by atoms with Crippen molar-refractivity contribution in [3.8, 4) is 0 Å². The van der Waals surface area contributed by atoms with E-state index in [2.05, 4.69) is 15.3 Å². The molecule has 1 atom stereocenters. The molecule has 2 fully saturated rings. The second-order valence-electron chi connectivity index (χ2n) is 6.41. The van der Waals surface area contributed by atoms with Crippen molar-refractivity contribution in [2.75, 3.05) is 28.8 Å². The highest BCUT2D eigenvalue weighted by molar-refractivity contribution is 7.91. The van der Waals surface area contributed by atoms with Gasteiger partial charge in [0.15, 0.2) is 9.84 Å². The Kier molecular flexibility index (Phi) is 4.52. The van der Waals surface area contributed by atoms with E-state index in [0.29, 0.717) is 12.5 Å². The smallest absolute Gasteiger partial charge is 0.152 e. The van der Waals surface area contributed by atoms with Gasteiger partial charge in [-0.05, 0) is 19.3 Å². The summed E-state index contributed by atoms with van der Waals surface area (Å²) in [4.78, 5) is 10.6. The highest BCUT2D eigenvalue weighted by Gasteiger charge is 2.31. The normalized spacial score (nSPS) is 25.0. The maximum atomic E-state index is 11.6. The van der Waals surface area contributed by atoms with Crippen molar-refractivity contribution < 1.29 is 8.42 Å². The summed E-state index contributed by atoms with van der Waals surface area (Å²) in [5.41, 5.74) is 0. The Balaban J connectivity index is 1.67. The molecule has 0 spiro atoms. The van der Waals surface area contributed by atoms with Crippen LogP contribution in [0.1, 0.15) is 38.5 Å². The van der Waals surface area contributed by atoms with E-state index in [9.17, 15) is 8.42 Å². The highest BCUT2D eigenvalue weighted by Crippen LogP contribution is 2.24. The van der Waals surface area contributed by atoms with E-state index in [1.165, 1.54) is 32.1 Å². The number of nitrogens with one attached hydrogen (secondary N) is 1. The molecule has 6 nitrogen and oxygen atoms in total. The molecule has 122 valence electrons. The lowest BCUT2D eigenvalue weighted by Crippen LogP contribution is -2.33. The van der Waals surface area contributed by atoms with Gasteiger partial charge in [-0.15, -0.1) is 0 Å². The lowest BCUT2D eigenvalue weighted by atomic mass is 9.95. The first-order chi connectivity index (χ1) is 10.5. The van der Waals surface area contributed by atoms with Crippen molar-refractivity contribution in [3.63, 3.8) is 0 Å². The SMILES string of the molecule is CN(c1cc(NC2CCCCC2)ncn1)C1CCS(=O)(=O)C1. The molecule has 1 unspecified atom stereocenters. The predicted octanol–water partition coefficient (Wildman–Crippen LogP) is 1.84. The van der Waals surface area contributed by atoms with Crippen LogP contribution in [0.25, 0.3) is 0 Å². The van der Waals surface area contributed by atoms with E-state index in [1.807, 2.05) is 18.0 Å². The first-order valence-corrected chi connectivity index (χ1v) is 9.87. The van der Waals surface area contributed by atoms with Crippen LogP contribution in [0.4, 0.5) is 11.6 Å².